The number of para-hydroxylation sites is 2. The van der Waals surface area contributed by atoms with E-state index in [1.807, 2.05) is 30.3 Å². The summed E-state index contributed by atoms with van der Waals surface area (Å²) in [4.78, 5) is 0. The fourth-order valence-electron chi connectivity index (χ4n) is 1.64. The molecule has 0 aliphatic rings. The van der Waals surface area contributed by atoms with E-state index in [0.29, 0.717) is 12.2 Å². The zero-order chi connectivity index (χ0) is 13.5. The van der Waals surface area contributed by atoms with Gasteiger partial charge in [-0.2, -0.15) is 0 Å². The van der Waals surface area contributed by atoms with Crippen LogP contribution in [0.1, 0.15) is 5.56 Å². The maximum atomic E-state index is 13.6. The fourth-order valence-corrected chi connectivity index (χ4v) is 1.85. The van der Waals surface area contributed by atoms with Crippen molar-refractivity contribution in [3.05, 3.63) is 59.9 Å². The van der Waals surface area contributed by atoms with E-state index in [-0.39, 0.29) is 18.2 Å². The van der Waals surface area contributed by atoms with E-state index in [1.165, 1.54) is 6.07 Å². The van der Waals surface area contributed by atoms with Gasteiger partial charge in [-0.25, -0.2) is 4.39 Å². The fraction of sp³-hybridized carbons (Fsp3) is 0.200. The van der Waals surface area contributed by atoms with Crippen molar-refractivity contribution in [2.75, 3.05) is 13.2 Å². The average Bonchev–Trinajstić information content (AvgIpc) is 2.46. The number of ether oxygens (including phenoxy) is 2. The second kappa shape index (κ2) is 7.00. The number of rotatable bonds is 6. The van der Waals surface area contributed by atoms with Gasteiger partial charge in [-0.1, -0.05) is 30.3 Å². The normalized spacial score (nSPS) is 10.2. The molecule has 0 saturated carbocycles. The lowest BCUT2D eigenvalue weighted by Crippen LogP contribution is -2.10. The van der Waals surface area contributed by atoms with E-state index in [9.17, 15) is 4.39 Å². The maximum Gasteiger partial charge on any atom is 0.165 e. The smallest absolute Gasteiger partial charge is 0.165 e. The van der Waals surface area contributed by atoms with Gasteiger partial charge in [-0.05, 0) is 18.2 Å². The minimum atomic E-state index is -0.405. The van der Waals surface area contributed by atoms with Crippen LogP contribution in [0, 0.1) is 5.82 Å². The zero-order valence-corrected chi connectivity index (χ0v) is 11.1. The topological polar surface area (TPSA) is 18.5 Å². The molecule has 0 aromatic heterocycles. The van der Waals surface area contributed by atoms with Crippen LogP contribution >= 0.6 is 11.6 Å². The van der Waals surface area contributed by atoms with Gasteiger partial charge in [-0.3, -0.25) is 0 Å². The summed E-state index contributed by atoms with van der Waals surface area (Å²) in [6.45, 7) is 0.611. The van der Waals surface area contributed by atoms with E-state index >= 15 is 0 Å². The molecule has 2 rings (SSSR count). The first-order chi connectivity index (χ1) is 9.31. The molecular formula is C15H14ClFO2. The molecule has 0 aliphatic heterocycles. The molecule has 0 aliphatic carbocycles. The largest absolute Gasteiger partial charge is 0.490 e. The van der Waals surface area contributed by atoms with Crippen molar-refractivity contribution in [3.63, 3.8) is 0 Å². The van der Waals surface area contributed by atoms with Crippen LogP contribution in [0.3, 0.4) is 0 Å². The molecule has 0 amide bonds. The first-order valence-electron chi connectivity index (χ1n) is 5.95. The van der Waals surface area contributed by atoms with E-state index in [4.69, 9.17) is 21.1 Å². The SMILES string of the molecule is Fc1cccc(CCl)c1OCCOc1ccccc1. The van der Waals surface area contributed by atoms with E-state index in [1.54, 1.807) is 12.1 Å². The van der Waals surface area contributed by atoms with Crippen LogP contribution in [0.15, 0.2) is 48.5 Å². The second-order valence-electron chi connectivity index (χ2n) is 3.87. The molecule has 0 unspecified atom stereocenters. The summed E-state index contributed by atoms with van der Waals surface area (Å²) in [5, 5.41) is 0. The molecule has 2 aromatic rings. The molecule has 0 radical (unpaired) electrons. The van der Waals surface area contributed by atoms with E-state index in [0.717, 1.165) is 5.75 Å². The van der Waals surface area contributed by atoms with Crippen molar-refractivity contribution < 1.29 is 13.9 Å². The van der Waals surface area contributed by atoms with Crippen molar-refractivity contribution in [2.24, 2.45) is 0 Å². The van der Waals surface area contributed by atoms with Gasteiger partial charge in [0.25, 0.3) is 0 Å². The lowest BCUT2D eigenvalue weighted by molar-refractivity contribution is 0.210. The minimum absolute atomic E-state index is 0.203. The predicted octanol–water partition coefficient (Wildman–Crippen LogP) is 4.02. The van der Waals surface area contributed by atoms with Crippen LogP contribution in [0.25, 0.3) is 0 Å². The molecule has 19 heavy (non-hydrogen) atoms. The summed E-state index contributed by atoms with van der Waals surface area (Å²) in [5.74, 6) is 0.774. The lowest BCUT2D eigenvalue weighted by atomic mass is 10.2. The molecule has 0 saturated heterocycles. The van der Waals surface area contributed by atoms with E-state index < -0.39 is 5.82 Å². The van der Waals surface area contributed by atoms with Crippen LogP contribution in [-0.4, -0.2) is 13.2 Å². The Bertz CT molecular complexity index is 517. The summed E-state index contributed by atoms with van der Waals surface area (Å²) in [7, 11) is 0. The molecule has 0 bridgehead atoms. The molecule has 100 valence electrons. The highest BCUT2D eigenvalue weighted by atomic mass is 35.5. The third-order valence-electron chi connectivity index (χ3n) is 2.53. The third-order valence-corrected chi connectivity index (χ3v) is 2.82. The first-order valence-corrected chi connectivity index (χ1v) is 6.48. The Balaban J connectivity index is 1.86. The Morgan fingerprint density at radius 1 is 0.895 bits per heavy atom. The molecule has 0 fully saturated rings. The van der Waals surface area contributed by atoms with Gasteiger partial charge >= 0.3 is 0 Å². The molecule has 4 heteroatoms. The second-order valence-corrected chi connectivity index (χ2v) is 4.14. The Morgan fingerprint density at radius 2 is 1.63 bits per heavy atom. The van der Waals surface area contributed by atoms with Gasteiger partial charge < -0.3 is 9.47 Å². The molecule has 0 heterocycles. The number of benzene rings is 2. The minimum Gasteiger partial charge on any atom is -0.490 e. The van der Waals surface area contributed by atoms with Crippen LogP contribution in [0.4, 0.5) is 4.39 Å². The molecule has 0 spiro atoms. The van der Waals surface area contributed by atoms with Crippen LogP contribution in [0.2, 0.25) is 0 Å². The molecule has 0 N–H and O–H groups in total. The first kappa shape index (κ1) is 13.7. The number of hydrogen-bond donors (Lipinski definition) is 0. The Hall–Kier alpha value is -1.74. The lowest BCUT2D eigenvalue weighted by Gasteiger charge is -2.11. The summed E-state index contributed by atoms with van der Waals surface area (Å²) < 4.78 is 24.4. The summed E-state index contributed by atoms with van der Waals surface area (Å²) >= 11 is 5.73. The Morgan fingerprint density at radius 3 is 2.37 bits per heavy atom. The third kappa shape index (κ3) is 3.86. The van der Waals surface area contributed by atoms with Crippen molar-refractivity contribution in [2.45, 2.75) is 5.88 Å². The monoisotopic (exact) mass is 280 g/mol. The maximum absolute atomic E-state index is 13.6. The molecule has 0 atom stereocenters. The molecule has 2 aromatic carbocycles. The van der Waals surface area contributed by atoms with Gasteiger partial charge in [0.05, 0.1) is 5.88 Å². The Labute approximate surface area is 116 Å². The van der Waals surface area contributed by atoms with Crippen LogP contribution in [-0.2, 0) is 5.88 Å². The van der Waals surface area contributed by atoms with E-state index in [2.05, 4.69) is 0 Å². The van der Waals surface area contributed by atoms with Crippen LogP contribution < -0.4 is 9.47 Å². The number of halogens is 2. The van der Waals surface area contributed by atoms with Gasteiger partial charge in [0.1, 0.15) is 19.0 Å². The highest BCUT2D eigenvalue weighted by Crippen LogP contribution is 2.24. The Kier molecular flexibility index (Phi) is 5.04. The number of hydrogen-bond acceptors (Lipinski definition) is 2. The standard InChI is InChI=1S/C15H14ClFO2/c16-11-12-5-4-8-14(17)15(12)19-10-9-18-13-6-2-1-3-7-13/h1-8H,9-11H2. The summed E-state index contributed by atoms with van der Waals surface area (Å²) in [6.07, 6.45) is 0. The summed E-state index contributed by atoms with van der Waals surface area (Å²) in [5.41, 5.74) is 0.640. The van der Waals surface area contributed by atoms with Gasteiger partial charge in [0.2, 0.25) is 0 Å². The molecular weight excluding hydrogens is 267 g/mol. The van der Waals surface area contributed by atoms with Gasteiger partial charge in [0, 0.05) is 5.56 Å². The van der Waals surface area contributed by atoms with Crippen LogP contribution in [0.5, 0.6) is 11.5 Å². The summed E-state index contributed by atoms with van der Waals surface area (Å²) in [6, 6.07) is 14.1. The highest BCUT2D eigenvalue weighted by molar-refractivity contribution is 6.17. The molecule has 2 nitrogen and oxygen atoms in total. The predicted molar refractivity (Wildman–Crippen MR) is 73.4 cm³/mol. The van der Waals surface area contributed by atoms with Gasteiger partial charge in [0.15, 0.2) is 11.6 Å². The average molecular weight is 281 g/mol. The van der Waals surface area contributed by atoms with Gasteiger partial charge in [-0.15, -0.1) is 11.6 Å². The zero-order valence-electron chi connectivity index (χ0n) is 10.3. The van der Waals surface area contributed by atoms with Crippen molar-refractivity contribution >= 4 is 11.6 Å². The van der Waals surface area contributed by atoms with Crippen molar-refractivity contribution in [3.8, 4) is 11.5 Å². The highest BCUT2D eigenvalue weighted by Gasteiger charge is 2.08. The van der Waals surface area contributed by atoms with Crippen molar-refractivity contribution in [1.29, 1.82) is 0 Å². The quantitative estimate of drug-likeness (QED) is 0.588. The van der Waals surface area contributed by atoms with Crippen molar-refractivity contribution in [1.82, 2.24) is 0 Å². The number of alkyl halides is 1.